The quantitative estimate of drug-likeness (QED) is 0.779. The molecule has 0 bridgehead atoms. The van der Waals surface area contributed by atoms with Gasteiger partial charge in [0.2, 0.25) is 0 Å². The Morgan fingerprint density at radius 2 is 2.12 bits per heavy atom. The molecule has 5 nitrogen and oxygen atoms in total. The fourth-order valence-corrected chi connectivity index (χ4v) is 1.60. The van der Waals surface area contributed by atoms with Crippen LogP contribution in [0.15, 0.2) is 6.07 Å². The number of nitrogens with one attached hydrogen (secondary N) is 1. The summed E-state index contributed by atoms with van der Waals surface area (Å²) >= 11 is 0. The minimum absolute atomic E-state index is 0.328. The largest absolute Gasteiger partial charge is 0.384 e. The molecule has 0 aromatic carbocycles. The van der Waals surface area contributed by atoms with Gasteiger partial charge >= 0.3 is 0 Å². The molecule has 0 fully saturated rings. The number of hydrogen-bond donors (Lipinski definition) is 2. The Morgan fingerprint density at radius 3 is 2.69 bits per heavy atom. The zero-order chi connectivity index (χ0) is 12.1. The van der Waals surface area contributed by atoms with Gasteiger partial charge in [-0.25, -0.2) is 9.97 Å². The topological polar surface area (TPSA) is 67.1 Å². The van der Waals surface area contributed by atoms with E-state index in [0.717, 1.165) is 24.6 Å². The second-order valence-electron chi connectivity index (χ2n) is 4.26. The maximum absolute atomic E-state index is 5.71. The molecule has 0 saturated carbocycles. The molecule has 0 saturated heterocycles. The van der Waals surface area contributed by atoms with Crippen molar-refractivity contribution >= 4 is 11.6 Å². The summed E-state index contributed by atoms with van der Waals surface area (Å²) in [4.78, 5) is 10.6. The van der Waals surface area contributed by atoms with Gasteiger partial charge in [0.1, 0.15) is 17.5 Å². The molecule has 1 aromatic rings. The number of nitrogens with two attached hydrogens (primary N) is 1. The van der Waals surface area contributed by atoms with Crippen LogP contribution >= 0.6 is 0 Å². The van der Waals surface area contributed by atoms with Crippen molar-refractivity contribution in [1.82, 2.24) is 14.9 Å². The van der Waals surface area contributed by atoms with Gasteiger partial charge in [0.25, 0.3) is 0 Å². The van der Waals surface area contributed by atoms with Crippen molar-refractivity contribution in [3.05, 3.63) is 11.9 Å². The van der Waals surface area contributed by atoms with E-state index in [4.69, 9.17) is 5.73 Å². The van der Waals surface area contributed by atoms with Gasteiger partial charge in [-0.15, -0.1) is 0 Å². The van der Waals surface area contributed by atoms with Crippen LogP contribution in [0.2, 0.25) is 0 Å². The Hall–Kier alpha value is -1.36. The zero-order valence-corrected chi connectivity index (χ0v) is 10.5. The van der Waals surface area contributed by atoms with Crippen LogP contribution in [-0.4, -0.2) is 41.5 Å². The fourth-order valence-electron chi connectivity index (χ4n) is 1.60. The highest BCUT2D eigenvalue weighted by Gasteiger charge is 2.06. The summed E-state index contributed by atoms with van der Waals surface area (Å²) in [6.45, 7) is 5.08. The zero-order valence-electron chi connectivity index (χ0n) is 10.5. The van der Waals surface area contributed by atoms with Crippen LogP contribution in [0.4, 0.5) is 11.6 Å². The number of anilines is 2. The third kappa shape index (κ3) is 4.02. The van der Waals surface area contributed by atoms with Gasteiger partial charge in [0.05, 0.1) is 0 Å². The molecule has 1 unspecified atom stereocenters. The lowest BCUT2D eigenvalue weighted by molar-refractivity contribution is 0.392. The molecular weight excluding hydrogens is 202 g/mol. The van der Waals surface area contributed by atoms with Crippen LogP contribution in [0.25, 0.3) is 0 Å². The molecule has 0 spiro atoms. The SMILES string of the molecule is CCc1nc(N)cc(NC(C)CN(C)C)n1. The summed E-state index contributed by atoms with van der Waals surface area (Å²) < 4.78 is 0. The van der Waals surface area contributed by atoms with Crippen molar-refractivity contribution < 1.29 is 0 Å². The third-order valence-electron chi connectivity index (χ3n) is 2.14. The number of aryl methyl sites for hydroxylation is 1. The average molecular weight is 223 g/mol. The molecule has 0 aliphatic heterocycles. The molecule has 5 heteroatoms. The van der Waals surface area contributed by atoms with E-state index in [0.29, 0.717) is 11.9 Å². The van der Waals surface area contributed by atoms with E-state index >= 15 is 0 Å². The second-order valence-corrected chi connectivity index (χ2v) is 4.26. The van der Waals surface area contributed by atoms with E-state index in [9.17, 15) is 0 Å². The standard InChI is InChI=1S/C11H21N5/c1-5-10-14-9(12)6-11(15-10)13-8(2)7-16(3)4/h6,8H,5,7H2,1-4H3,(H3,12,13,14,15). The molecule has 0 radical (unpaired) electrons. The molecule has 1 heterocycles. The summed E-state index contributed by atoms with van der Waals surface area (Å²) in [6.07, 6.45) is 0.793. The number of aromatic nitrogens is 2. The molecule has 16 heavy (non-hydrogen) atoms. The van der Waals surface area contributed by atoms with Gasteiger partial charge in [0, 0.05) is 25.1 Å². The van der Waals surface area contributed by atoms with Gasteiger partial charge < -0.3 is 16.0 Å². The monoisotopic (exact) mass is 223 g/mol. The van der Waals surface area contributed by atoms with E-state index < -0.39 is 0 Å². The summed E-state index contributed by atoms with van der Waals surface area (Å²) in [5, 5.41) is 3.32. The molecule has 1 atom stereocenters. The van der Waals surface area contributed by atoms with Crippen molar-refractivity contribution in [2.24, 2.45) is 0 Å². The van der Waals surface area contributed by atoms with E-state index in [1.165, 1.54) is 0 Å². The number of nitrogen functional groups attached to an aromatic ring is 1. The van der Waals surface area contributed by atoms with Crippen molar-refractivity contribution in [2.75, 3.05) is 31.7 Å². The van der Waals surface area contributed by atoms with Crippen molar-refractivity contribution in [3.63, 3.8) is 0 Å². The van der Waals surface area contributed by atoms with Crippen LogP contribution in [-0.2, 0) is 6.42 Å². The molecule has 90 valence electrons. The maximum atomic E-state index is 5.71. The van der Waals surface area contributed by atoms with E-state index in [1.807, 2.05) is 21.0 Å². The predicted molar refractivity (Wildman–Crippen MR) is 67.5 cm³/mol. The van der Waals surface area contributed by atoms with Crippen molar-refractivity contribution in [3.8, 4) is 0 Å². The third-order valence-corrected chi connectivity index (χ3v) is 2.14. The first kappa shape index (κ1) is 12.7. The molecule has 1 rings (SSSR count). The lowest BCUT2D eigenvalue weighted by Gasteiger charge is -2.19. The number of likely N-dealkylation sites (N-methyl/N-ethyl adjacent to an activating group) is 1. The van der Waals surface area contributed by atoms with Crippen LogP contribution in [0.1, 0.15) is 19.7 Å². The first-order valence-corrected chi connectivity index (χ1v) is 5.56. The second kappa shape index (κ2) is 5.65. The van der Waals surface area contributed by atoms with Gasteiger partial charge in [-0.1, -0.05) is 6.92 Å². The van der Waals surface area contributed by atoms with Crippen molar-refractivity contribution in [2.45, 2.75) is 26.3 Å². The summed E-state index contributed by atoms with van der Waals surface area (Å²) in [7, 11) is 4.09. The maximum Gasteiger partial charge on any atom is 0.132 e. The summed E-state index contributed by atoms with van der Waals surface area (Å²) in [5.74, 6) is 2.10. The van der Waals surface area contributed by atoms with E-state index in [2.05, 4.69) is 27.1 Å². The summed E-state index contributed by atoms with van der Waals surface area (Å²) in [6, 6.07) is 2.10. The van der Waals surface area contributed by atoms with Crippen molar-refractivity contribution in [1.29, 1.82) is 0 Å². The van der Waals surface area contributed by atoms with E-state index in [-0.39, 0.29) is 0 Å². The lowest BCUT2D eigenvalue weighted by atomic mass is 10.3. The van der Waals surface area contributed by atoms with E-state index in [1.54, 1.807) is 6.07 Å². The first-order valence-electron chi connectivity index (χ1n) is 5.56. The summed E-state index contributed by atoms with van der Waals surface area (Å²) in [5.41, 5.74) is 5.71. The number of nitrogens with zero attached hydrogens (tertiary/aromatic N) is 3. The molecule has 1 aromatic heterocycles. The van der Waals surface area contributed by atoms with Gasteiger partial charge in [-0.05, 0) is 21.0 Å². The molecule has 0 aliphatic rings. The highest BCUT2D eigenvalue weighted by Crippen LogP contribution is 2.10. The predicted octanol–water partition coefficient (Wildman–Crippen LogP) is 0.983. The molecule has 0 aliphatic carbocycles. The highest BCUT2D eigenvalue weighted by molar-refractivity contribution is 5.45. The van der Waals surface area contributed by atoms with Crippen LogP contribution in [0.3, 0.4) is 0 Å². The molecular formula is C11H21N5. The van der Waals surface area contributed by atoms with Gasteiger partial charge in [-0.3, -0.25) is 0 Å². The Morgan fingerprint density at radius 1 is 1.44 bits per heavy atom. The fraction of sp³-hybridized carbons (Fsp3) is 0.636. The number of rotatable bonds is 5. The number of hydrogen-bond acceptors (Lipinski definition) is 5. The minimum Gasteiger partial charge on any atom is -0.384 e. The minimum atomic E-state index is 0.328. The first-order chi connectivity index (χ1) is 7.51. The Kier molecular flexibility index (Phi) is 4.49. The van der Waals surface area contributed by atoms with Gasteiger partial charge in [-0.2, -0.15) is 0 Å². The molecule has 0 amide bonds. The van der Waals surface area contributed by atoms with Crippen LogP contribution < -0.4 is 11.1 Å². The molecule has 3 N–H and O–H groups in total. The highest BCUT2D eigenvalue weighted by atomic mass is 15.1. The van der Waals surface area contributed by atoms with Gasteiger partial charge in [0.15, 0.2) is 0 Å². The normalized spacial score (nSPS) is 12.8. The van der Waals surface area contributed by atoms with Crippen LogP contribution in [0, 0.1) is 0 Å². The Labute approximate surface area is 97.1 Å². The smallest absolute Gasteiger partial charge is 0.132 e. The Balaban J connectivity index is 2.69. The Bertz CT molecular complexity index is 337. The lowest BCUT2D eigenvalue weighted by Crippen LogP contribution is -2.30. The van der Waals surface area contributed by atoms with Crippen LogP contribution in [0.5, 0.6) is 0 Å². The average Bonchev–Trinajstić information content (AvgIpc) is 2.14.